The van der Waals surface area contributed by atoms with Crippen LogP contribution in [-0.2, 0) is 16.0 Å². The molecule has 1 saturated carbocycles. The lowest BCUT2D eigenvalue weighted by Gasteiger charge is -2.44. The largest absolute Gasteiger partial charge is 0.384 e. The first kappa shape index (κ1) is 14.0. The zero-order valence-corrected chi connectivity index (χ0v) is 12.3. The maximum atomic E-state index is 6.22. The van der Waals surface area contributed by atoms with Crippen molar-refractivity contribution in [2.24, 2.45) is 5.92 Å². The molecule has 0 aromatic carbocycles. The molecular formula is C16H24N2O2. The summed E-state index contributed by atoms with van der Waals surface area (Å²) in [5, 5.41) is 0. The fourth-order valence-electron chi connectivity index (χ4n) is 3.72. The highest BCUT2D eigenvalue weighted by atomic mass is 16.5. The van der Waals surface area contributed by atoms with E-state index in [-0.39, 0.29) is 5.60 Å². The molecule has 0 bridgehead atoms. The van der Waals surface area contributed by atoms with Gasteiger partial charge in [0.05, 0.1) is 18.8 Å². The minimum atomic E-state index is 0.0243. The Balaban J connectivity index is 1.67. The van der Waals surface area contributed by atoms with Gasteiger partial charge in [0.25, 0.3) is 0 Å². The fraction of sp³-hybridized carbons (Fsp3) is 0.688. The van der Waals surface area contributed by atoms with E-state index >= 15 is 0 Å². The molecule has 2 atom stereocenters. The molecule has 1 aromatic rings. The highest BCUT2D eigenvalue weighted by Crippen LogP contribution is 2.41. The van der Waals surface area contributed by atoms with Gasteiger partial charge in [-0.3, -0.25) is 9.88 Å². The molecular weight excluding hydrogens is 252 g/mol. The Kier molecular flexibility index (Phi) is 4.34. The SMILES string of the molecule is COC[C@@H]1CCC[C@@]12CN(Cc1cccnc1)CCO2. The number of hydrogen-bond donors (Lipinski definition) is 0. The number of morpholine rings is 1. The van der Waals surface area contributed by atoms with E-state index in [9.17, 15) is 0 Å². The van der Waals surface area contributed by atoms with Crippen LogP contribution in [0.15, 0.2) is 24.5 Å². The standard InChI is InChI=1S/C16H24N2O2/c1-19-12-15-5-2-6-16(15)13-18(8-9-20-16)11-14-4-3-7-17-10-14/h3-4,7,10,15H,2,5-6,8-9,11-13H2,1H3/t15-,16+/m0/s1. The van der Waals surface area contributed by atoms with Crippen LogP contribution in [0.1, 0.15) is 24.8 Å². The third kappa shape index (κ3) is 2.87. The predicted molar refractivity (Wildman–Crippen MR) is 77.4 cm³/mol. The molecule has 0 unspecified atom stereocenters. The van der Waals surface area contributed by atoms with Crippen LogP contribution in [0.4, 0.5) is 0 Å². The van der Waals surface area contributed by atoms with Gasteiger partial charge in [0.1, 0.15) is 0 Å². The summed E-state index contributed by atoms with van der Waals surface area (Å²) in [5.74, 6) is 0.546. The summed E-state index contributed by atoms with van der Waals surface area (Å²) in [4.78, 5) is 6.71. The number of ether oxygens (including phenoxy) is 2. The number of rotatable bonds is 4. The van der Waals surface area contributed by atoms with Crippen molar-refractivity contribution in [3.8, 4) is 0 Å². The Morgan fingerprint density at radius 1 is 1.55 bits per heavy atom. The third-order valence-corrected chi connectivity index (χ3v) is 4.68. The van der Waals surface area contributed by atoms with Gasteiger partial charge >= 0.3 is 0 Å². The van der Waals surface area contributed by atoms with Crippen molar-refractivity contribution in [1.82, 2.24) is 9.88 Å². The average molecular weight is 276 g/mol. The highest BCUT2D eigenvalue weighted by molar-refractivity contribution is 5.09. The van der Waals surface area contributed by atoms with Gasteiger partial charge in [0.15, 0.2) is 0 Å². The molecule has 3 rings (SSSR count). The maximum Gasteiger partial charge on any atom is 0.0859 e. The average Bonchev–Trinajstić information content (AvgIpc) is 2.83. The Hall–Kier alpha value is -0.970. The summed E-state index contributed by atoms with van der Waals surface area (Å²) in [6.45, 7) is 4.66. The van der Waals surface area contributed by atoms with Crippen LogP contribution in [0.5, 0.6) is 0 Å². The zero-order chi connectivity index (χ0) is 13.8. The van der Waals surface area contributed by atoms with E-state index in [1.807, 2.05) is 18.5 Å². The zero-order valence-electron chi connectivity index (χ0n) is 12.3. The van der Waals surface area contributed by atoms with Crippen LogP contribution in [0.25, 0.3) is 0 Å². The summed E-state index contributed by atoms with van der Waals surface area (Å²) < 4.78 is 11.6. The van der Waals surface area contributed by atoms with Gasteiger partial charge in [-0.05, 0) is 24.5 Å². The normalized spacial score (nSPS) is 30.9. The maximum absolute atomic E-state index is 6.22. The van der Waals surface area contributed by atoms with Crippen molar-refractivity contribution in [3.05, 3.63) is 30.1 Å². The van der Waals surface area contributed by atoms with Crippen molar-refractivity contribution in [1.29, 1.82) is 0 Å². The van der Waals surface area contributed by atoms with E-state index in [0.29, 0.717) is 5.92 Å². The van der Waals surface area contributed by atoms with Gasteiger partial charge in [-0.25, -0.2) is 0 Å². The first-order valence-electron chi connectivity index (χ1n) is 7.56. The molecule has 0 amide bonds. The first-order valence-corrected chi connectivity index (χ1v) is 7.56. The van der Waals surface area contributed by atoms with E-state index in [2.05, 4.69) is 16.0 Å². The molecule has 0 N–H and O–H groups in total. The van der Waals surface area contributed by atoms with Crippen molar-refractivity contribution in [2.45, 2.75) is 31.4 Å². The van der Waals surface area contributed by atoms with Gasteiger partial charge in [-0.15, -0.1) is 0 Å². The lowest BCUT2D eigenvalue weighted by molar-refractivity contribution is -0.141. The molecule has 1 aromatic heterocycles. The number of aromatic nitrogens is 1. The second-order valence-corrected chi connectivity index (χ2v) is 6.03. The number of nitrogens with zero attached hydrogens (tertiary/aromatic N) is 2. The summed E-state index contributed by atoms with van der Waals surface area (Å²) in [5.41, 5.74) is 1.31. The molecule has 110 valence electrons. The van der Waals surface area contributed by atoms with Crippen LogP contribution in [0.3, 0.4) is 0 Å². The van der Waals surface area contributed by atoms with E-state index in [0.717, 1.165) is 32.8 Å². The summed E-state index contributed by atoms with van der Waals surface area (Å²) in [6.07, 6.45) is 7.45. The van der Waals surface area contributed by atoms with Crippen molar-refractivity contribution in [2.75, 3.05) is 33.4 Å². The molecule has 1 spiro atoms. The van der Waals surface area contributed by atoms with Gasteiger partial charge in [-0.2, -0.15) is 0 Å². The lowest BCUT2D eigenvalue weighted by atomic mass is 9.89. The van der Waals surface area contributed by atoms with Crippen molar-refractivity contribution >= 4 is 0 Å². The second kappa shape index (κ2) is 6.20. The quantitative estimate of drug-likeness (QED) is 0.843. The molecule has 4 heteroatoms. The second-order valence-electron chi connectivity index (χ2n) is 6.03. The fourth-order valence-corrected chi connectivity index (χ4v) is 3.72. The number of pyridine rings is 1. The molecule has 2 fully saturated rings. The molecule has 1 aliphatic carbocycles. The van der Waals surface area contributed by atoms with Crippen molar-refractivity contribution in [3.63, 3.8) is 0 Å². The smallest absolute Gasteiger partial charge is 0.0859 e. The lowest BCUT2D eigenvalue weighted by Crippen LogP contribution is -2.54. The highest BCUT2D eigenvalue weighted by Gasteiger charge is 2.46. The van der Waals surface area contributed by atoms with Crippen LogP contribution < -0.4 is 0 Å². The number of hydrogen-bond acceptors (Lipinski definition) is 4. The molecule has 2 aliphatic rings. The summed E-state index contributed by atoms with van der Waals surface area (Å²) in [7, 11) is 1.79. The number of methoxy groups -OCH3 is 1. The van der Waals surface area contributed by atoms with Crippen LogP contribution >= 0.6 is 0 Å². The van der Waals surface area contributed by atoms with Crippen LogP contribution in [0.2, 0.25) is 0 Å². The van der Waals surface area contributed by atoms with Crippen molar-refractivity contribution < 1.29 is 9.47 Å². The topological polar surface area (TPSA) is 34.6 Å². The molecule has 1 aliphatic heterocycles. The van der Waals surface area contributed by atoms with Gasteiger partial charge < -0.3 is 9.47 Å². The summed E-state index contributed by atoms with van der Waals surface area (Å²) >= 11 is 0. The predicted octanol–water partition coefficient (Wildman–Crippen LogP) is 2.10. The Bertz CT molecular complexity index is 426. The monoisotopic (exact) mass is 276 g/mol. The van der Waals surface area contributed by atoms with Crippen LogP contribution in [-0.4, -0.2) is 48.9 Å². The van der Waals surface area contributed by atoms with E-state index < -0.39 is 0 Å². The van der Waals surface area contributed by atoms with Gasteiger partial charge in [0.2, 0.25) is 0 Å². The van der Waals surface area contributed by atoms with Gasteiger partial charge in [0, 0.05) is 45.1 Å². The third-order valence-electron chi connectivity index (χ3n) is 4.68. The Morgan fingerprint density at radius 2 is 2.50 bits per heavy atom. The van der Waals surface area contributed by atoms with E-state index in [1.165, 1.54) is 24.8 Å². The molecule has 1 saturated heterocycles. The Morgan fingerprint density at radius 3 is 3.30 bits per heavy atom. The minimum Gasteiger partial charge on any atom is -0.384 e. The van der Waals surface area contributed by atoms with E-state index in [4.69, 9.17) is 9.47 Å². The molecule has 2 heterocycles. The van der Waals surface area contributed by atoms with Gasteiger partial charge in [-0.1, -0.05) is 12.5 Å². The molecule has 0 radical (unpaired) electrons. The molecule has 4 nitrogen and oxygen atoms in total. The molecule has 20 heavy (non-hydrogen) atoms. The minimum absolute atomic E-state index is 0.0243. The van der Waals surface area contributed by atoms with Crippen LogP contribution in [0, 0.1) is 5.92 Å². The first-order chi connectivity index (χ1) is 9.82. The van der Waals surface area contributed by atoms with E-state index in [1.54, 1.807) is 7.11 Å². The summed E-state index contributed by atoms with van der Waals surface area (Å²) in [6, 6.07) is 4.16. The Labute approximate surface area is 121 Å².